The average Bonchev–Trinajstić information content (AvgIpc) is 1.41. The summed E-state index contributed by atoms with van der Waals surface area (Å²) in [4.78, 5) is 0. The number of hydrogen-bond donors (Lipinski definition) is 1. The fourth-order valence-corrected chi connectivity index (χ4v) is 0. The van der Waals surface area contributed by atoms with Crippen molar-refractivity contribution in [3.05, 3.63) is 0 Å². The second-order valence-corrected chi connectivity index (χ2v) is 0.651. The normalized spacial score (nSPS) is 5.71. The maximum absolute atomic E-state index is 8.56. The third-order valence-electron chi connectivity index (χ3n) is 0. The second-order valence-electron chi connectivity index (χ2n) is 0.217. The van der Waals surface area contributed by atoms with E-state index in [1.165, 1.54) is 0 Å². The molecular weight excluding hydrogens is 127 g/mol. The predicted octanol–water partition coefficient (Wildman–Crippen LogP) is -2.20. The predicted molar refractivity (Wildman–Crippen MR) is 22.7 cm³/mol. The Bertz CT molecular complexity index is 61.3. The minimum atomic E-state index is -2.86. The summed E-state index contributed by atoms with van der Waals surface area (Å²) in [6.07, 6.45) is 0. The maximum atomic E-state index is 8.56. The summed E-state index contributed by atoms with van der Waals surface area (Å²) in [7, 11) is -2.86. The molecule has 40 valence electrons. The number of hydrogen-bond acceptors (Lipinski definition) is 3. The summed E-state index contributed by atoms with van der Waals surface area (Å²) in [5, 5.41) is 0. The molecule has 0 aromatic rings. The Morgan fingerprint density at radius 1 is 1.29 bits per heavy atom. The zero-order valence-electron chi connectivity index (χ0n) is 4.67. The molecule has 0 amide bonds. The first kappa shape index (κ1) is 15.7. The van der Waals surface area contributed by atoms with Gasteiger partial charge in [-0.2, -0.15) is 0 Å². The molecule has 0 spiro atoms. The molecule has 0 atom stereocenters. The Kier molecular flexibility index (Phi) is 35.3. The van der Waals surface area contributed by atoms with Gasteiger partial charge in [-0.1, -0.05) is 13.8 Å². The van der Waals surface area contributed by atoms with Crippen LogP contribution in [0.4, 0.5) is 0 Å². The van der Waals surface area contributed by atoms with Crippen molar-refractivity contribution in [2.75, 3.05) is 0 Å². The molecule has 0 aliphatic rings. The molecule has 0 rings (SSSR count). The van der Waals surface area contributed by atoms with Crippen LogP contribution in [0.3, 0.4) is 0 Å². The first-order valence-corrected chi connectivity index (χ1v) is 2.55. The zero-order chi connectivity index (χ0) is 5.58. The Morgan fingerprint density at radius 2 is 1.29 bits per heavy atom. The van der Waals surface area contributed by atoms with E-state index in [4.69, 9.17) is 13.0 Å². The second kappa shape index (κ2) is 15.8. The SMILES string of the molecule is CC.O=[S-](=O)O.[Na+]. The monoisotopic (exact) mass is 134 g/mol. The van der Waals surface area contributed by atoms with Gasteiger partial charge in [-0.15, -0.1) is 0 Å². The zero-order valence-corrected chi connectivity index (χ0v) is 7.49. The van der Waals surface area contributed by atoms with Crippen molar-refractivity contribution in [3.63, 3.8) is 0 Å². The van der Waals surface area contributed by atoms with Gasteiger partial charge in [0.15, 0.2) is 0 Å². The summed E-state index contributed by atoms with van der Waals surface area (Å²) >= 11 is 0. The molecule has 0 unspecified atom stereocenters. The summed E-state index contributed by atoms with van der Waals surface area (Å²) in [5.74, 6) is 0. The van der Waals surface area contributed by atoms with Gasteiger partial charge in [0.1, 0.15) is 0 Å². The first-order valence-electron chi connectivity index (χ1n) is 1.52. The van der Waals surface area contributed by atoms with Crippen molar-refractivity contribution in [2.24, 2.45) is 0 Å². The van der Waals surface area contributed by atoms with E-state index < -0.39 is 11.0 Å². The first-order chi connectivity index (χ1) is 2.73. The van der Waals surface area contributed by atoms with Crippen molar-refractivity contribution >= 4 is 11.0 Å². The molecule has 0 saturated heterocycles. The van der Waals surface area contributed by atoms with Crippen LogP contribution in [0.5, 0.6) is 0 Å². The fraction of sp³-hybridized carbons (Fsp3) is 1.00. The van der Waals surface area contributed by atoms with Gasteiger partial charge in [0.2, 0.25) is 0 Å². The van der Waals surface area contributed by atoms with Gasteiger partial charge < -0.3 is 13.0 Å². The topological polar surface area (TPSA) is 54.4 Å². The van der Waals surface area contributed by atoms with Gasteiger partial charge in [0, 0.05) is 11.0 Å². The summed E-state index contributed by atoms with van der Waals surface area (Å²) in [6, 6.07) is 0. The van der Waals surface area contributed by atoms with Gasteiger partial charge in [-0.3, -0.25) is 0 Å². The van der Waals surface area contributed by atoms with Gasteiger partial charge in [0.05, 0.1) is 0 Å². The third kappa shape index (κ3) is 201. The summed E-state index contributed by atoms with van der Waals surface area (Å²) in [6.45, 7) is 4.00. The van der Waals surface area contributed by atoms with Crippen LogP contribution >= 0.6 is 0 Å². The van der Waals surface area contributed by atoms with Crippen molar-refractivity contribution in [1.82, 2.24) is 0 Å². The van der Waals surface area contributed by atoms with Crippen LogP contribution in [0.15, 0.2) is 0 Å². The van der Waals surface area contributed by atoms with Gasteiger partial charge in [0.25, 0.3) is 0 Å². The summed E-state index contributed by atoms with van der Waals surface area (Å²) < 4.78 is 24.1. The van der Waals surface area contributed by atoms with Gasteiger partial charge >= 0.3 is 29.6 Å². The quantitative estimate of drug-likeness (QED) is 0.177. The molecule has 5 heteroatoms. The van der Waals surface area contributed by atoms with Crippen molar-refractivity contribution in [2.45, 2.75) is 13.8 Å². The van der Waals surface area contributed by atoms with Crippen molar-refractivity contribution in [3.8, 4) is 0 Å². The van der Waals surface area contributed by atoms with Crippen LogP contribution in [-0.2, 0) is 19.4 Å². The molecule has 0 aromatic heterocycles. The van der Waals surface area contributed by atoms with E-state index in [1.807, 2.05) is 13.8 Å². The van der Waals surface area contributed by atoms with Crippen LogP contribution in [0.25, 0.3) is 0 Å². The molecular formula is C2H7NaO3S. The molecule has 0 aromatic carbocycles. The van der Waals surface area contributed by atoms with Crippen LogP contribution in [0.2, 0.25) is 0 Å². The van der Waals surface area contributed by atoms with Crippen LogP contribution < -0.4 is 29.6 Å². The molecule has 0 saturated carbocycles. The molecule has 3 nitrogen and oxygen atoms in total. The molecule has 0 fully saturated rings. The molecule has 0 radical (unpaired) electrons. The third-order valence-corrected chi connectivity index (χ3v) is 0. The molecule has 0 aliphatic heterocycles. The number of rotatable bonds is 0. The average molecular weight is 134 g/mol. The van der Waals surface area contributed by atoms with Gasteiger partial charge in [-0.25, -0.2) is 0 Å². The fourth-order valence-electron chi connectivity index (χ4n) is 0. The van der Waals surface area contributed by atoms with Crippen LogP contribution in [0.1, 0.15) is 13.8 Å². The Balaban J connectivity index is -0.0000000480. The van der Waals surface area contributed by atoms with Gasteiger partial charge in [-0.05, 0) is 0 Å². The summed E-state index contributed by atoms with van der Waals surface area (Å²) in [5.41, 5.74) is 0. The molecule has 0 aliphatic carbocycles. The van der Waals surface area contributed by atoms with E-state index in [2.05, 4.69) is 0 Å². The molecule has 0 heterocycles. The van der Waals surface area contributed by atoms with Crippen molar-refractivity contribution < 1.29 is 42.5 Å². The van der Waals surface area contributed by atoms with E-state index in [-0.39, 0.29) is 29.6 Å². The van der Waals surface area contributed by atoms with E-state index in [1.54, 1.807) is 0 Å². The van der Waals surface area contributed by atoms with E-state index >= 15 is 0 Å². The molecule has 1 N–H and O–H groups in total. The Hall–Kier alpha value is 0.910. The van der Waals surface area contributed by atoms with Crippen LogP contribution in [-0.4, -0.2) is 4.55 Å². The maximum Gasteiger partial charge on any atom is 1.00 e. The van der Waals surface area contributed by atoms with E-state index in [9.17, 15) is 0 Å². The Morgan fingerprint density at radius 3 is 1.29 bits per heavy atom. The minimum absolute atomic E-state index is 0. The van der Waals surface area contributed by atoms with E-state index in [0.29, 0.717) is 0 Å². The Labute approximate surface area is 67.2 Å². The minimum Gasteiger partial charge on any atom is -0.439 e. The largest absolute Gasteiger partial charge is 1.00 e. The van der Waals surface area contributed by atoms with E-state index in [0.717, 1.165) is 0 Å². The molecule has 0 bridgehead atoms. The smallest absolute Gasteiger partial charge is 0.439 e. The standard InChI is InChI=1S/C2H6.Na.HO3S/c1-2;;1-4(2)3/h1-2H3;;(H,1,2,3)/q;+1;-1. The van der Waals surface area contributed by atoms with Crippen LogP contribution in [0, 0.1) is 0 Å². The molecule has 7 heavy (non-hydrogen) atoms. The van der Waals surface area contributed by atoms with Crippen molar-refractivity contribution in [1.29, 1.82) is 0 Å².